The molecule has 5 nitrogen and oxygen atoms in total. The van der Waals surface area contributed by atoms with Crippen molar-refractivity contribution in [3.8, 4) is 17.1 Å². The van der Waals surface area contributed by atoms with Crippen molar-refractivity contribution in [3.05, 3.63) is 62.8 Å². The molecule has 0 aliphatic rings. The van der Waals surface area contributed by atoms with Crippen LogP contribution in [0.15, 0.2) is 52.0 Å². The first-order valence-corrected chi connectivity index (χ1v) is 9.66. The molecule has 0 aliphatic heterocycles. The van der Waals surface area contributed by atoms with Crippen LogP contribution in [-0.2, 0) is 5.41 Å². The van der Waals surface area contributed by atoms with Crippen LogP contribution in [0, 0.1) is 4.77 Å². The summed E-state index contributed by atoms with van der Waals surface area (Å²) < 4.78 is 8.37. The normalized spacial score (nSPS) is 11.9. The quantitative estimate of drug-likeness (QED) is 0.423. The highest BCUT2D eigenvalue weighted by Crippen LogP contribution is 2.26. The first-order valence-electron chi connectivity index (χ1n) is 8.46. The molecule has 0 saturated carbocycles. The Labute approximate surface area is 172 Å². The lowest BCUT2D eigenvalue weighted by molar-refractivity contribution is 0.414. The summed E-state index contributed by atoms with van der Waals surface area (Å²) in [5.41, 5.74) is 3.13. The van der Waals surface area contributed by atoms with Gasteiger partial charge in [-0.25, -0.2) is 5.10 Å². The van der Waals surface area contributed by atoms with Gasteiger partial charge in [-0.2, -0.15) is 14.9 Å². The molecule has 3 aromatic rings. The summed E-state index contributed by atoms with van der Waals surface area (Å²) in [4.78, 5) is 0. The van der Waals surface area contributed by atoms with E-state index in [0.717, 1.165) is 21.3 Å². The number of aromatic amines is 1. The van der Waals surface area contributed by atoms with Gasteiger partial charge in [0.25, 0.3) is 0 Å². The molecule has 140 valence electrons. The van der Waals surface area contributed by atoms with Crippen LogP contribution in [0.3, 0.4) is 0 Å². The van der Waals surface area contributed by atoms with E-state index in [1.807, 2.05) is 30.3 Å². The van der Waals surface area contributed by atoms with Gasteiger partial charge in [0.05, 0.1) is 13.3 Å². The predicted octanol–water partition coefficient (Wildman–Crippen LogP) is 5.56. The molecule has 1 N–H and O–H groups in total. The fourth-order valence-corrected chi connectivity index (χ4v) is 3.19. The molecule has 0 aliphatic carbocycles. The summed E-state index contributed by atoms with van der Waals surface area (Å²) in [7, 11) is 1.63. The van der Waals surface area contributed by atoms with E-state index in [1.165, 1.54) is 5.56 Å². The molecular weight excluding hydrogens is 424 g/mol. The molecule has 0 fully saturated rings. The molecule has 0 bridgehead atoms. The van der Waals surface area contributed by atoms with Gasteiger partial charge in [-0.3, -0.25) is 0 Å². The molecule has 0 unspecified atom stereocenters. The van der Waals surface area contributed by atoms with E-state index in [4.69, 9.17) is 17.0 Å². The van der Waals surface area contributed by atoms with Crippen LogP contribution in [0.5, 0.6) is 5.75 Å². The summed E-state index contributed by atoms with van der Waals surface area (Å²) in [5.74, 6) is 1.39. The van der Waals surface area contributed by atoms with E-state index in [0.29, 0.717) is 10.6 Å². The second kappa shape index (κ2) is 7.78. The Morgan fingerprint density at radius 1 is 1.19 bits per heavy atom. The number of nitrogens with one attached hydrogen (secondary N) is 1. The molecule has 3 rings (SSSR count). The van der Waals surface area contributed by atoms with Crippen LogP contribution in [-0.4, -0.2) is 28.2 Å². The molecule has 1 aromatic heterocycles. The van der Waals surface area contributed by atoms with Gasteiger partial charge in [0.15, 0.2) is 5.82 Å². The number of H-pyrrole nitrogens is 1. The smallest absolute Gasteiger partial charge is 0.216 e. The third-order valence-corrected chi connectivity index (χ3v) is 4.92. The molecule has 27 heavy (non-hydrogen) atoms. The highest BCUT2D eigenvalue weighted by Gasteiger charge is 2.15. The fraction of sp³-hybridized carbons (Fsp3) is 0.250. The number of hydrogen-bond acceptors (Lipinski definition) is 4. The van der Waals surface area contributed by atoms with Crippen molar-refractivity contribution in [1.82, 2.24) is 14.9 Å². The molecule has 0 amide bonds. The average Bonchev–Trinajstić information content (AvgIpc) is 3.00. The lowest BCUT2D eigenvalue weighted by atomic mass is 9.87. The fourth-order valence-electron chi connectivity index (χ4n) is 2.63. The molecule has 0 radical (unpaired) electrons. The zero-order chi connectivity index (χ0) is 19.6. The minimum absolute atomic E-state index is 0.0959. The minimum atomic E-state index is 0.0959. The highest BCUT2D eigenvalue weighted by molar-refractivity contribution is 9.10. The zero-order valence-corrected chi connectivity index (χ0v) is 18.1. The van der Waals surface area contributed by atoms with Crippen LogP contribution in [0.2, 0.25) is 0 Å². The lowest BCUT2D eigenvalue weighted by Gasteiger charge is -2.18. The van der Waals surface area contributed by atoms with E-state index >= 15 is 0 Å². The molecule has 0 atom stereocenters. The van der Waals surface area contributed by atoms with E-state index in [-0.39, 0.29) is 5.41 Å². The van der Waals surface area contributed by atoms with Crippen LogP contribution >= 0.6 is 28.1 Å². The largest absolute Gasteiger partial charge is 0.496 e. The van der Waals surface area contributed by atoms with Crippen molar-refractivity contribution < 1.29 is 4.74 Å². The van der Waals surface area contributed by atoms with Gasteiger partial charge in [0.2, 0.25) is 4.77 Å². The summed E-state index contributed by atoms with van der Waals surface area (Å²) >= 11 is 8.82. The molecular formula is C20H21BrN4OS. The summed E-state index contributed by atoms with van der Waals surface area (Å²) in [5, 5.41) is 11.7. The SMILES string of the molecule is COc1ccc(Br)cc1/C=N/n1c(-c2ccc(C(C)(C)C)cc2)n[nH]c1=S. The number of nitrogens with zero attached hydrogens (tertiary/aromatic N) is 3. The van der Waals surface area contributed by atoms with E-state index in [2.05, 4.69) is 64.1 Å². The standard InChI is InChI=1S/C20H21BrN4OS/c1-20(2,3)15-7-5-13(6-8-15)18-23-24-19(27)25(18)22-12-14-11-16(21)9-10-17(14)26-4/h5-12H,1-4H3,(H,24,27)/b22-12+. The maximum atomic E-state index is 5.39. The Balaban J connectivity index is 1.99. The molecule has 2 aromatic carbocycles. The van der Waals surface area contributed by atoms with Crippen molar-refractivity contribution in [2.45, 2.75) is 26.2 Å². The molecule has 7 heteroatoms. The number of ether oxygens (including phenoxy) is 1. The van der Waals surface area contributed by atoms with Gasteiger partial charge in [0, 0.05) is 15.6 Å². The monoisotopic (exact) mass is 444 g/mol. The van der Waals surface area contributed by atoms with Gasteiger partial charge >= 0.3 is 0 Å². The Hall–Kier alpha value is -2.25. The number of halogens is 1. The average molecular weight is 445 g/mol. The highest BCUT2D eigenvalue weighted by atomic mass is 79.9. The lowest BCUT2D eigenvalue weighted by Crippen LogP contribution is -2.10. The first kappa shape index (κ1) is 19.5. The Morgan fingerprint density at radius 3 is 2.52 bits per heavy atom. The van der Waals surface area contributed by atoms with Gasteiger partial charge < -0.3 is 4.74 Å². The number of methoxy groups -OCH3 is 1. The number of aromatic nitrogens is 3. The van der Waals surface area contributed by atoms with Crippen molar-refractivity contribution >= 4 is 34.4 Å². The topological polar surface area (TPSA) is 55.2 Å². The van der Waals surface area contributed by atoms with Crippen molar-refractivity contribution in [2.24, 2.45) is 5.10 Å². The minimum Gasteiger partial charge on any atom is -0.496 e. The molecule has 0 spiro atoms. The number of hydrogen-bond donors (Lipinski definition) is 1. The van der Waals surface area contributed by atoms with Gasteiger partial charge in [0.1, 0.15) is 5.75 Å². The van der Waals surface area contributed by atoms with Gasteiger partial charge in [-0.05, 0) is 41.4 Å². The molecule has 1 heterocycles. The summed E-state index contributed by atoms with van der Waals surface area (Å²) in [6, 6.07) is 14.0. The van der Waals surface area contributed by atoms with Crippen LogP contribution in [0.4, 0.5) is 0 Å². The maximum absolute atomic E-state index is 5.39. The zero-order valence-electron chi connectivity index (χ0n) is 15.7. The van der Waals surface area contributed by atoms with Crippen LogP contribution in [0.25, 0.3) is 11.4 Å². The van der Waals surface area contributed by atoms with E-state index in [9.17, 15) is 0 Å². The van der Waals surface area contributed by atoms with E-state index < -0.39 is 0 Å². The third kappa shape index (κ3) is 4.36. The second-order valence-electron chi connectivity index (χ2n) is 7.12. The van der Waals surface area contributed by atoms with Crippen LogP contribution in [0.1, 0.15) is 31.9 Å². The van der Waals surface area contributed by atoms with Crippen molar-refractivity contribution in [1.29, 1.82) is 0 Å². The summed E-state index contributed by atoms with van der Waals surface area (Å²) in [6.45, 7) is 6.56. The Bertz CT molecular complexity index is 1030. The Kier molecular flexibility index (Phi) is 5.62. The number of rotatable bonds is 4. The van der Waals surface area contributed by atoms with Crippen molar-refractivity contribution in [2.75, 3.05) is 7.11 Å². The molecule has 0 saturated heterocycles. The Morgan fingerprint density at radius 2 is 1.89 bits per heavy atom. The second-order valence-corrected chi connectivity index (χ2v) is 8.42. The first-order chi connectivity index (χ1) is 12.8. The van der Waals surface area contributed by atoms with E-state index in [1.54, 1.807) is 18.0 Å². The van der Waals surface area contributed by atoms with Gasteiger partial charge in [-0.15, -0.1) is 0 Å². The van der Waals surface area contributed by atoms with Crippen LogP contribution < -0.4 is 4.74 Å². The summed E-state index contributed by atoms with van der Waals surface area (Å²) in [6.07, 6.45) is 1.71. The predicted molar refractivity (Wildman–Crippen MR) is 115 cm³/mol. The third-order valence-electron chi connectivity index (χ3n) is 4.16. The maximum Gasteiger partial charge on any atom is 0.216 e. The van der Waals surface area contributed by atoms with Gasteiger partial charge in [-0.1, -0.05) is 61.0 Å². The van der Waals surface area contributed by atoms with Crippen molar-refractivity contribution in [3.63, 3.8) is 0 Å². The number of benzene rings is 2.